The summed E-state index contributed by atoms with van der Waals surface area (Å²) in [5.74, 6) is 2.10. The Morgan fingerprint density at radius 3 is 2.60 bits per heavy atom. The average molecular weight is 277 g/mol. The molecular formula is C18H28FN. The zero-order valence-electron chi connectivity index (χ0n) is 13.2. The van der Waals surface area contributed by atoms with Crippen molar-refractivity contribution < 1.29 is 4.39 Å². The summed E-state index contributed by atoms with van der Waals surface area (Å²) in [5.41, 5.74) is 1.05. The van der Waals surface area contributed by atoms with E-state index in [1.807, 2.05) is 6.07 Å². The van der Waals surface area contributed by atoms with Crippen LogP contribution in [0, 0.1) is 23.6 Å². The van der Waals surface area contributed by atoms with Gasteiger partial charge in [0.1, 0.15) is 5.82 Å². The molecule has 20 heavy (non-hydrogen) atoms. The minimum Gasteiger partial charge on any atom is -0.307 e. The Kier molecular flexibility index (Phi) is 5.20. The number of nitrogens with one attached hydrogen (secondary N) is 1. The molecule has 0 aromatic heterocycles. The van der Waals surface area contributed by atoms with Gasteiger partial charge in [0.15, 0.2) is 0 Å². The van der Waals surface area contributed by atoms with Gasteiger partial charge in [-0.05, 0) is 55.2 Å². The highest BCUT2D eigenvalue weighted by molar-refractivity contribution is 5.19. The molecule has 2 rings (SSSR count). The lowest BCUT2D eigenvalue weighted by Gasteiger charge is -2.39. The van der Waals surface area contributed by atoms with Crippen LogP contribution in [-0.4, -0.2) is 6.04 Å². The Hall–Kier alpha value is -0.890. The summed E-state index contributed by atoms with van der Waals surface area (Å²) in [6.07, 6.45) is 3.89. The molecule has 3 unspecified atom stereocenters. The normalized spacial score (nSPS) is 28.6. The SMILES string of the molecule is CC1CCC(C(C)C)C(N[C@H](C)c2cccc(F)c2)C1. The number of hydrogen-bond donors (Lipinski definition) is 1. The lowest BCUT2D eigenvalue weighted by atomic mass is 9.73. The van der Waals surface area contributed by atoms with Crippen molar-refractivity contribution in [2.75, 3.05) is 0 Å². The van der Waals surface area contributed by atoms with E-state index < -0.39 is 0 Å². The van der Waals surface area contributed by atoms with Crippen molar-refractivity contribution in [3.05, 3.63) is 35.6 Å². The molecule has 1 nitrogen and oxygen atoms in total. The standard InChI is InChI=1S/C18H28FN/c1-12(2)17-9-8-13(3)10-18(17)20-14(4)15-6-5-7-16(19)11-15/h5-7,11-14,17-18,20H,8-10H2,1-4H3/t13?,14-,17?,18?/m1/s1. The fraction of sp³-hybridized carbons (Fsp3) is 0.667. The summed E-state index contributed by atoms with van der Waals surface area (Å²) >= 11 is 0. The third kappa shape index (κ3) is 3.82. The number of rotatable bonds is 4. The number of halogens is 1. The van der Waals surface area contributed by atoms with Crippen molar-refractivity contribution >= 4 is 0 Å². The minimum atomic E-state index is -0.145. The first-order chi connectivity index (χ1) is 9.47. The number of hydrogen-bond acceptors (Lipinski definition) is 1. The molecule has 4 atom stereocenters. The predicted molar refractivity (Wildman–Crippen MR) is 83.1 cm³/mol. The van der Waals surface area contributed by atoms with Gasteiger partial charge in [0.05, 0.1) is 0 Å². The van der Waals surface area contributed by atoms with E-state index in [0.717, 1.165) is 17.4 Å². The largest absolute Gasteiger partial charge is 0.307 e. The van der Waals surface area contributed by atoms with E-state index in [0.29, 0.717) is 12.0 Å². The maximum atomic E-state index is 13.3. The van der Waals surface area contributed by atoms with E-state index in [9.17, 15) is 4.39 Å². The van der Waals surface area contributed by atoms with Crippen LogP contribution < -0.4 is 5.32 Å². The van der Waals surface area contributed by atoms with Gasteiger partial charge in [-0.2, -0.15) is 0 Å². The quantitative estimate of drug-likeness (QED) is 0.822. The molecule has 0 aliphatic heterocycles. The van der Waals surface area contributed by atoms with E-state index in [2.05, 4.69) is 33.0 Å². The Bertz CT molecular complexity index is 429. The molecule has 1 fully saturated rings. The van der Waals surface area contributed by atoms with Crippen molar-refractivity contribution in [1.82, 2.24) is 5.32 Å². The van der Waals surface area contributed by atoms with Gasteiger partial charge in [-0.3, -0.25) is 0 Å². The van der Waals surface area contributed by atoms with Crippen molar-refractivity contribution in [3.63, 3.8) is 0 Å². The molecule has 2 heteroatoms. The zero-order valence-corrected chi connectivity index (χ0v) is 13.2. The molecule has 0 amide bonds. The smallest absolute Gasteiger partial charge is 0.123 e. The lowest BCUT2D eigenvalue weighted by Crippen LogP contribution is -2.43. The second-order valence-corrected chi connectivity index (χ2v) is 6.88. The van der Waals surface area contributed by atoms with Gasteiger partial charge in [-0.15, -0.1) is 0 Å². The Morgan fingerprint density at radius 2 is 1.95 bits per heavy atom. The van der Waals surface area contributed by atoms with Crippen LogP contribution in [0.5, 0.6) is 0 Å². The van der Waals surface area contributed by atoms with Crippen LogP contribution in [0.1, 0.15) is 58.6 Å². The molecule has 0 saturated heterocycles. The Labute approximate surface area is 123 Å². The van der Waals surface area contributed by atoms with Gasteiger partial charge in [0, 0.05) is 12.1 Å². The second-order valence-electron chi connectivity index (χ2n) is 6.88. The molecule has 1 aromatic rings. The monoisotopic (exact) mass is 277 g/mol. The van der Waals surface area contributed by atoms with Crippen LogP contribution in [0.4, 0.5) is 4.39 Å². The van der Waals surface area contributed by atoms with E-state index in [-0.39, 0.29) is 11.9 Å². The van der Waals surface area contributed by atoms with E-state index in [1.54, 1.807) is 12.1 Å². The molecule has 1 aromatic carbocycles. The summed E-state index contributed by atoms with van der Waals surface area (Å²) in [4.78, 5) is 0. The van der Waals surface area contributed by atoms with E-state index >= 15 is 0 Å². The van der Waals surface area contributed by atoms with Crippen LogP contribution in [0.25, 0.3) is 0 Å². The second kappa shape index (κ2) is 6.71. The molecule has 0 bridgehead atoms. The van der Waals surface area contributed by atoms with Crippen molar-refractivity contribution in [3.8, 4) is 0 Å². The van der Waals surface area contributed by atoms with Gasteiger partial charge in [0.25, 0.3) is 0 Å². The van der Waals surface area contributed by atoms with Crippen LogP contribution in [0.3, 0.4) is 0 Å². The molecule has 112 valence electrons. The van der Waals surface area contributed by atoms with Gasteiger partial charge in [0.2, 0.25) is 0 Å². The fourth-order valence-corrected chi connectivity index (χ4v) is 3.59. The Balaban J connectivity index is 2.05. The van der Waals surface area contributed by atoms with Gasteiger partial charge < -0.3 is 5.32 Å². The van der Waals surface area contributed by atoms with Crippen LogP contribution in [0.15, 0.2) is 24.3 Å². The summed E-state index contributed by atoms with van der Waals surface area (Å²) in [5, 5.41) is 3.76. The van der Waals surface area contributed by atoms with E-state index in [4.69, 9.17) is 0 Å². The highest BCUT2D eigenvalue weighted by Crippen LogP contribution is 2.34. The fourth-order valence-electron chi connectivity index (χ4n) is 3.59. The highest BCUT2D eigenvalue weighted by atomic mass is 19.1. The predicted octanol–water partition coefficient (Wildman–Crippen LogP) is 4.94. The maximum Gasteiger partial charge on any atom is 0.123 e. The van der Waals surface area contributed by atoms with Crippen LogP contribution in [-0.2, 0) is 0 Å². The van der Waals surface area contributed by atoms with Gasteiger partial charge in [-0.25, -0.2) is 4.39 Å². The molecule has 1 aliphatic carbocycles. The number of benzene rings is 1. The topological polar surface area (TPSA) is 12.0 Å². The first-order valence-corrected chi connectivity index (χ1v) is 7.99. The summed E-state index contributed by atoms with van der Waals surface area (Å²) in [7, 11) is 0. The first kappa shape index (κ1) is 15.5. The summed E-state index contributed by atoms with van der Waals surface area (Å²) in [6.45, 7) is 9.13. The van der Waals surface area contributed by atoms with Crippen molar-refractivity contribution in [2.24, 2.45) is 17.8 Å². The van der Waals surface area contributed by atoms with Crippen molar-refractivity contribution in [2.45, 2.75) is 59.0 Å². The third-order valence-corrected chi connectivity index (χ3v) is 4.83. The van der Waals surface area contributed by atoms with Gasteiger partial charge >= 0.3 is 0 Å². The first-order valence-electron chi connectivity index (χ1n) is 7.99. The Morgan fingerprint density at radius 1 is 1.20 bits per heavy atom. The summed E-state index contributed by atoms with van der Waals surface area (Å²) in [6, 6.07) is 7.73. The molecule has 1 aliphatic rings. The minimum absolute atomic E-state index is 0.145. The third-order valence-electron chi connectivity index (χ3n) is 4.83. The average Bonchev–Trinajstić information content (AvgIpc) is 2.38. The molecular weight excluding hydrogens is 249 g/mol. The lowest BCUT2D eigenvalue weighted by molar-refractivity contribution is 0.161. The molecule has 0 spiro atoms. The molecule has 1 saturated carbocycles. The van der Waals surface area contributed by atoms with Gasteiger partial charge in [-0.1, -0.05) is 39.3 Å². The zero-order chi connectivity index (χ0) is 14.7. The molecule has 0 radical (unpaired) electrons. The van der Waals surface area contributed by atoms with Crippen LogP contribution in [0.2, 0.25) is 0 Å². The maximum absolute atomic E-state index is 13.3. The van der Waals surface area contributed by atoms with Crippen molar-refractivity contribution in [1.29, 1.82) is 0 Å². The molecule has 1 N–H and O–H groups in total. The summed E-state index contributed by atoms with van der Waals surface area (Å²) < 4.78 is 13.3. The van der Waals surface area contributed by atoms with Crippen LogP contribution >= 0.6 is 0 Å². The molecule has 0 heterocycles. The highest BCUT2D eigenvalue weighted by Gasteiger charge is 2.31. The van der Waals surface area contributed by atoms with E-state index in [1.165, 1.54) is 25.3 Å².